The summed E-state index contributed by atoms with van der Waals surface area (Å²) in [6.45, 7) is 1.71. The van der Waals surface area contributed by atoms with Crippen LogP contribution in [-0.4, -0.2) is 34.1 Å². The van der Waals surface area contributed by atoms with E-state index >= 15 is 0 Å². The van der Waals surface area contributed by atoms with Crippen molar-refractivity contribution in [2.75, 3.05) is 17.2 Å². The van der Waals surface area contributed by atoms with E-state index in [1.54, 1.807) is 0 Å². The number of carbonyl (C=O) groups is 2. The van der Waals surface area contributed by atoms with Gasteiger partial charge in [-0.05, 0) is 31.4 Å². The number of nitrogens with two attached hydrogens (primary N) is 1. The van der Waals surface area contributed by atoms with Crippen molar-refractivity contribution in [3.63, 3.8) is 0 Å². The summed E-state index contributed by atoms with van der Waals surface area (Å²) in [6, 6.07) is 2.69. The van der Waals surface area contributed by atoms with Crippen LogP contribution in [0.1, 0.15) is 56.0 Å². The van der Waals surface area contributed by atoms with Crippen molar-refractivity contribution in [1.29, 1.82) is 0 Å². The van der Waals surface area contributed by atoms with Gasteiger partial charge in [-0.1, -0.05) is 26.2 Å². The number of nitrogens with one attached hydrogen (secondary N) is 1. The molecular formula is C20H26N4O6. The molecule has 3 rings (SSSR count). The van der Waals surface area contributed by atoms with E-state index in [0.29, 0.717) is 25.8 Å². The van der Waals surface area contributed by atoms with Crippen LogP contribution in [0, 0.1) is 0 Å². The molecule has 0 unspecified atom stereocenters. The quantitative estimate of drug-likeness (QED) is 0.621. The normalized spacial score (nSPS) is 14.0. The number of unbranched alkanes of at least 4 members (excludes halogenated alkanes) is 1. The molecule has 1 aliphatic carbocycles. The van der Waals surface area contributed by atoms with Crippen molar-refractivity contribution in [3.8, 4) is 0 Å². The second-order valence-electron chi connectivity index (χ2n) is 7.25. The smallest absolute Gasteiger partial charge is 0.374 e. The number of anilines is 2. The fraction of sp³-hybridized carbons (Fsp3) is 0.500. The first kappa shape index (κ1) is 21.4. The Kier molecular flexibility index (Phi) is 6.76. The van der Waals surface area contributed by atoms with Gasteiger partial charge in [-0.15, -0.1) is 0 Å². The van der Waals surface area contributed by atoms with E-state index in [4.69, 9.17) is 14.9 Å². The van der Waals surface area contributed by atoms with Crippen LogP contribution in [0.5, 0.6) is 0 Å². The molecule has 0 bridgehead atoms. The number of esters is 1. The molecule has 0 spiro atoms. The Bertz CT molecular complexity index is 1000. The lowest BCUT2D eigenvalue weighted by Gasteiger charge is -2.29. The minimum Gasteiger partial charge on any atom is -0.457 e. The molecule has 10 heteroatoms. The van der Waals surface area contributed by atoms with Gasteiger partial charge in [0, 0.05) is 12.6 Å². The molecule has 2 aromatic rings. The van der Waals surface area contributed by atoms with E-state index in [9.17, 15) is 19.2 Å². The summed E-state index contributed by atoms with van der Waals surface area (Å²) in [5.74, 6) is -1.45. The highest BCUT2D eigenvalue weighted by atomic mass is 16.5. The van der Waals surface area contributed by atoms with Crippen molar-refractivity contribution < 1.29 is 18.7 Å². The average molecular weight is 418 g/mol. The summed E-state index contributed by atoms with van der Waals surface area (Å²) in [4.78, 5) is 53.5. The van der Waals surface area contributed by atoms with Crippen molar-refractivity contribution in [2.45, 2.75) is 58.0 Å². The topological polar surface area (TPSA) is 141 Å². The zero-order valence-electron chi connectivity index (χ0n) is 16.9. The largest absolute Gasteiger partial charge is 0.457 e. The molecule has 0 atom stereocenters. The first-order valence-electron chi connectivity index (χ1n) is 10.1. The molecule has 2 heterocycles. The molecule has 1 fully saturated rings. The maximum atomic E-state index is 13.0. The van der Waals surface area contributed by atoms with Gasteiger partial charge < -0.3 is 14.9 Å². The summed E-state index contributed by atoms with van der Waals surface area (Å²) in [5, 5.41) is 0. The number of aromatic nitrogens is 2. The first-order valence-corrected chi connectivity index (χ1v) is 10.1. The number of nitrogens with zero attached hydrogens (tertiary/aromatic N) is 2. The summed E-state index contributed by atoms with van der Waals surface area (Å²) < 4.78 is 11.3. The summed E-state index contributed by atoms with van der Waals surface area (Å²) >= 11 is 0. The molecule has 2 aromatic heterocycles. The number of amides is 1. The predicted octanol–water partition coefficient (Wildman–Crippen LogP) is 1.64. The molecule has 30 heavy (non-hydrogen) atoms. The summed E-state index contributed by atoms with van der Waals surface area (Å²) in [7, 11) is 0. The second-order valence-corrected chi connectivity index (χ2v) is 7.25. The lowest BCUT2D eigenvalue weighted by Crippen LogP contribution is -2.47. The maximum absolute atomic E-state index is 13.0. The molecule has 0 aliphatic heterocycles. The number of H-pyrrole nitrogens is 1. The lowest BCUT2D eigenvalue weighted by atomic mass is 10.2. The third-order valence-corrected chi connectivity index (χ3v) is 5.20. The Morgan fingerprint density at radius 3 is 2.70 bits per heavy atom. The molecular weight excluding hydrogens is 392 g/mol. The van der Waals surface area contributed by atoms with Gasteiger partial charge in [0.1, 0.15) is 5.82 Å². The van der Waals surface area contributed by atoms with Crippen LogP contribution in [0.4, 0.5) is 11.5 Å². The summed E-state index contributed by atoms with van der Waals surface area (Å²) in [5.41, 5.74) is 4.77. The Hall–Kier alpha value is -3.30. The highest BCUT2D eigenvalue weighted by Crippen LogP contribution is 2.29. The monoisotopic (exact) mass is 418 g/mol. The standard InChI is InChI=1S/C20H26N4O6/c1-2-3-10-23-17(21)16(18(26)22-20(23)28)24(13-7-4-5-8-13)15(25)12-30-19(27)14-9-6-11-29-14/h6,9,11,13H,2-5,7-8,10,12,21H2,1H3,(H,22,26,28). The van der Waals surface area contributed by atoms with E-state index in [1.807, 2.05) is 6.92 Å². The van der Waals surface area contributed by atoms with Gasteiger partial charge in [-0.25, -0.2) is 9.59 Å². The van der Waals surface area contributed by atoms with Crippen LogP contribution in [0.25, 0.3) is 0 Å². The Balaban J connectivity index is 1.92. The number of nitrogen functional groups attached to an aromatic ring is 1. The zero-order chi connectivity index (χ0) is 21.7. The predicted molar refractivity (Wildman–Crippen MR) is 109 cm³/mol. The Morgan fingerprint density at radius 1 is 1.33 bits per heavy atom. The molecule has 1 aliphatic rings. The van der Waals surface area contributed by atoms with Gasteiger partial charge in [0.25, 0.3) is 11.5 Å². The highest BCUT2D eigenvalue weighted by molar-refractivity contribution is 5.98. The molecule has 162 valence electrons. The van der Waals surface area contributed by atoms with Crippen LogP contribution in [0.3, 0.4) is 0 Å². The van der Waals surface area contributed by atoms with Gasteiger partial charge in [0.15, 0.2) is 12.3 Å². The molecule has 0 saturated heterocycles. The van der Waals surface area contributed by atoms with Gasteiger partial charge in [0.2, 0.25) is 5.76 Å². The Morgan fingerprint density at radius 2 is 2.07 bits per heavy atom. The van der Waals surface area contributed by atoms with Crippen molar-refractivity contribution in [2.24, 2.45) is 0 Å². The lowest BCUT2D eigenvalue weighted by molar-refractivity contribution is -0.122. The Labute approximate surface area is 172 Å². The maximum Gasteiger partial charge on any atom is 0.374 e. The number of carbonyl (C=O) groups excluding carboxylic acids is 2. The molecule has 0 aromatic carbocycles. The van der Waals surface area contributed by atoms with Crippen LogP contribution in [0.2, 0.25) is 0 Å². The number of furan rings is 1. The van der Waals surface area contributed by atoms with Crippen molar-refractivity contribution in [3.05, 3.63) is 45.0 Å². The van der Waals surface area contributed by atoms with E-state index < -0.39 is 29.7 Å². The molecule has 1 amide bonds. The van der Waals surface area contributed by atoms with Crippen molar-refractivity contribution in [1.82, 2.24) is 9.55 Å². The fourth-order valence-corrected chi connectivity index (χ4v) is 3.68. The number of aromatic amines is 1. The van der Waals surface area contributed by atoms with Crippen LogP contribution < -0.4 is 21.9 Å². The van der Waals surface area contributed by atoms with Crippen LogP contribution in [0.15, 0.2) is 32.4 Å². The fourth-order valence-electron chi connectivity index (χ4n) is 3.68. The van der Waals surface area contributed by atoms with E-state index in [2.05, 4.69) is 4.98 Å². The minimum absolute atomic E-state index is 0.0271. The van der Waals surface area contributed by atoms with Gasteiger partial charge in [-0.3, -0.25) is 24.0 Å². The third-order valence-electron chi connectivity index (χ3n) is 5.20. The second kappa shape index (κ2) is 9.47. The molecule has 1 saturated carbocycles. The van der Waals surface area contributed by atoms with Gasteiger partial charge >= 0.3 is 11.7 Å². The molecule has 10 nitrogen and oxygen atoms in total. The van der Waals surface area contributed by atoms with E-state index in [1.165, 1.54) is 27.9 Å². The first-order chi connectivity index (χ1) is 14.4. The number of hydrogen-bond acceptors (Lipinski definition) is 7. The molecule has 3 N–H and O–H groups in total. The SMILES string of the molecule is CCCCn1c(N)c(N(C(=O)COC(=O)c2ccco2)C2CCCC2)c(=O)[nH]c1=O. The van der Waals surface area contributed by atoms with Crippen molar-refractivity contribution >= 4 is 23.4 Å². The number of ether oxygens (including phenoxy) is 1. The zero-order valence-corrected chi connectivity index (χ0v) is 16.9. The van der Waals surface area contributed by atoms with E-state index in [-0.39, 0.29) is 23.3 Å². The average Bonchev–Trinajstić information content (AvgIpc) is 3.43. The van der Waals surface area contributed by atoms with Crippen LogP contribution in [-0.2, 0) is 16.1 Å². The highest BCUT2D eigenvalue weighted by Gasteiger charge is 2.33. The number of hydrogen-bond donors (Lipinski definition) is 2. The van der Waals surface area contributed by atoms with E-state index in [0.717, 1.165) is 19.3 Å². The third kappa shape index (κ3) is 4.47. The van der Waals surface area contributed by atoms with Crippen LogP contribution >= 0.6 is 0 Å². The summed E-state index contributed by atoms with van der Waals surface area (Å²) in [6.07, 6.45) is 6.00. The molecule has 0 radical (unpaired) electrons. The van der Waals surface area contributed by atoms with Gasteiger partial charge in [-0.2, -0.15) is 0 Å². The number of rotatable bonds is 8. The minimum atomic E-state index is -0.783. The van der Waals surface area contributed by atoms with Gasteiger partial charge in [0.05, 0.1) is 6.26 Å².